The molecule has 1 aliphatic heterocycles. The van der Waals surface area contributed by atoms with E-state index in [9.17, 15) is 4.79 Å². The topological polar surface area (TPSA) is 75.4 Å². The Hall–Kier alpha value is -2.62. The summed E-state index contributed by atoms with van der Waals surface area (Å²) in [5.74, 6) is 0.0137. The summed E-state index contributed by atoms with van der Waals surface area (Å²) in [6, 6.07) is 5.99. The lowest BCUT2D eigenvalue weighted by atomic mass is 10.1. The average molecular weight is 468 g/mol. The van der Waals surface area contributed by atoms with Crippen molar-refractivity contribution in [2.45, 2.75) is 33.7 Å². The Morgan fingerprint density at radius 1 is 1.16 bits per heavy atom. The van der Waals surface area contributed by atoms with Crippen molar-refractivity contribution in [1.29, 1.82) is 0 Å². The quantitative estimate of drug-likeness (QED) is 0.429. The molecule has 166 valence electrons. The van der Waals surface area contributed by atoms with Crippen molar-refractivity contribution in [2.75, 3.05) is 26.2 Å². The number of piperazine rings is 1. The Bertz CT molecular complexity index is 1270. The summed E-state index contributed by atoms with van der Waals surface area (Å²) in [4.78, 5) is 29.4. The van der Waals surface area contributed by atoms with Crippen molar-refractivity contribution in [3.63, 3.8) is 0 Å². The molecule has 0 aliphatic carbocycles. The summed E-state index contributed by atoms with van der Waals surface area (Å²) in [7, 11) is 0. The van der Waals surface area contributed by atoms with Crippen LogP contribution in [0.5, 0.6) is 0 Å². The van der Waals surface area contributed by atoms with Gasteiger partial charge in [0.05, 0.1) is 37.9 Å². The fourth-order valence-corrected chi connectivity index (χ4v) is 5.62. The number of aromatic nitrogens is 3. The van der Waals surface area contributed by atoms with Gasteiger partial charge in [-0.15, -0.1) is 22.7 Å². The largest absolute Gasteiger partial charge is 0.336 e. The summed E-state index contributed by atoms with van der Waals surface area (Å²) in [6.45, 7) is 9.92. The zero-order valence-corrected chi connectivity index (χ0v) is 20.1. The van der Waals surface area contributed by atoms with Crippen molar-refractivity contribution in [3.05, 3.63) is 50.4 Å². The standard InChI is InChI=1S/C23H25N5O2S2/c1-4-20-24-16(13-31-20)12-27-7-9-28(10-8-27)23(29)17-11-18(19-6-5-14(2)32-19)25-22-21(17)15(3)26-30-22/h5-6,11,13H,4,7-10,12H2,1-3H3. The van der Waals surface area contributed by atoms with Crippen LogP contribution in [-0.4, -0.2) is 57.0 Å². The highest BCUT2D eigenvalue weighted by atomic mass is 32.1. The molecule has 5 rings (SSSR count). The number of rotatable bonds is 5. The molecule has 0 atom stereocenters. The first-order valence-corrected chi connectivity index (χ1v) is 12.5. The Kier molecular flexibility index (Phi) is 5.79. The van der Waals surface area contributed by atoms with Gasteiger partial charge in [-0.2, -0.15) is 0 Å². The SMILES string of the molecule is CCc1nc(CN2CCN(C(=O)c3cc(-c4ccc(C)s4)nc4onc(C)c34)CC2)cs1. The molecule has 1 saturated heterocycles. The predicted molar refractivity (Wildman–Crippen MR) is 127 cm³/mol. The molecular weight excluding hydrogens is 442 g/mol. The van der Waals surface area contributed by atoms with E-state index in [0.717, 1.165) is 42.3 Å². The first-order valence-electron chi connectivity index (χ1n) is 10.8. The highest BCUT2D eigenvalue weighted by Gasteiger charge is 2.27. The van der Waals surface area contributed by atoms with E-state index in [2.05, 4.69) is 45.3 Å². The molecule has 0 bridgehead atoms. The van der Waals surface area contributed by atoms with Gasteiger partial charge in [0.15, 0.2) is 0 Å². The van der Waals surface area contributed by atoms with Gasteiger partial charge in [0, 0.05) is 43.0 Å². The van der Waals surface area contributed by atoms with Gasteiger partial charge in [-0.05, 0) is 38.5 Å². The lowest BCUT2D eigenvalue weighted by molar-refractivity contribution is 0.0629. The molecule has 32 heavy (non-hydrogen) atoms. The molecule has 1 aliphatic rings. The molecule has 7 nitrogen and oxygen atoms in total. The maximum atomic E-state index is 13.6. The number of carbonyl (C=O) groups is 1. The third-order valence-electron chi connectivity index (χ3n) is 5.79. The number of fused-ring (bicyclic) bond motifs is 1. The lowest BCUT2D eigenvalue weighted by Crippen LogP contribution is -2.48. The van der Waals surface area contributed by atoms with Crippen LogP contribution in [0.25, 0.3) is 21.7 Å². The van der Waals surface area contributed by atoms with E-state index < -0.39 is 0 Å². The lowest BCUT2D eigenvalue weighted by Gasteiger charge is -2.34. The van der Waals surface area contributed by atoms with Gasteiger partial charge >= 0.3 is 0 Å². The van der Waals surface area contributed by atoms with Crippen LogP contribution in [0.15, 0.2) is 28.1 Å². The van der Waals surface area contributed by atoms with Crippen molar-refractivity contribution in [1.82, 2.24) is 24.9 Å². The second-order valence-corrected chi connectivity index (χ2v) is 10.3. The molecule has 0 unspecified atom stereocenters. The smallest absolute Gasteiger partial charge is 0.259 e. The molecule has 1 amide bonds. The van der Waals surface area contributed by atoms with Crippen LogP contribution >= 0.6 is 22.7 Å². The minimum absolute atomic E-state index is 0.0137. The molecule has 5 heterocycles. The number of hydrogen-bond acceptors (Lipinski definition) is 8. The van der Waals surface area contributed by atoms with E-state index in [1.54, 1.807) is 22.7 Å². The van der Waals surface area contributed by atoms with Gasteiger partial charge in [-0.1, -0.05) is 12.1 Å². The van der Waals surface area contributed by atoms with Crippen molar-refractivity contribution >= 4 is 39.7 Å². The molecule has 4 aromatic rings. The average Bonchev–Trinajstić information content (AvgIpc) is 3.54. The number of aryl methyl sites for hydroxylation is 3. The number of carbonyl (C=O) groups excluding carboxylic acids is 1. The molecule has 4 aromatic heterocycles. The third kappa shape index (κ3) is 4.07. The van der Waals surface area contributed by atoms with Gasteiger partial charge < -0.3 is 9.42 Å². The van der Waals surface area contributed by atoms with E-state index >= 15 is 0 Å². The zero-order chi connectivity index (χ0) is 22.2. The van der Waals surface area contributed by atoms with Gasteiger partial charge in [-0.3, -0.25) is 9.69 Å². The summed E-state index contributed by atoms with van der Waals surface area (Å²) in [6.07, 6.45) is 0.975. The highest BCUT2D eigenvalue weighted by molar-refractivity contribution is 7.15. The van der Waals surface area contributed by atoms with Gasteiger partial charge in [0.1, 0.15) is 0 Å². The highest BCUT2D eigenvalue weighted by Crippen LogP contribution is 2.31. The summed E-state index contributed by atoms with van der Waals surface area (Å²) in [5, 5.41) is 8.11. The summed E-state index contributed by atoms with van der Waals surface area (Å²) in [5.41, 5.74) is 3.61. The Morgan fingerprint density at radius 3 is 2.66 bits per heavy atom. The van der Waals surface area contributed by atoms with Crippen LogP contribution in [0.1, 0.15) is 38.6 Å². The molecule has 0 N–H and O–H groups in total. The van der Waals surface area contributed by atoms with Crippen LogP contribution < -0.4 is 0 Å². The van der Waals surface area contributed by atoms with E-state index in [4.69, 9.17) is 4.52 Å². The van der Waals surface area contributed by atoms with Crippen LogP contribution in [0.4, 0.5) is 0 Å². The van der Waals surface area contributed by atoms with E-state index in [0.29, 0.717) is 35.4 Å². The van der Waals surface area contributed by atoms with E-state index in [-0.39, 0.29) is 5.91 Å². The molecule has 9 heteroatoms. The van der Waals surface area contributed by atoms with Crippen molar-refractivity contribution in [2.24, 2.45) is 0 Å². The minimum atomic E-state index is 0.0137. The molecule has 0 aromatic carbocycles. The third-order valence-corrected chi connectivity index (χ3v) is 7.85. The van der Waals surface area contributed by atoms with E-state index in [1.165, 1.54) is 9.88 Å². The van der Waals surface area contributed by atoms with Gasteiger partial charge in [0.25, 0.3) is 11.6 Å². The van der Waals surface area contributed by atoms with Gasteiger partial charge in [0.2, 0.25) is 0 Å². The second-order valence-electron chi connectivity index (χ2n) is 8.07. The molecule has 0 spiro atoms. The number of thiophene rings is 1. The van der Waals surface area contributed by atoms with Crippen LogP contribution in [-0.2, 0) is 13.0 Å². The molecule has 0 saturated carbocycles. The number of hydrogen-bond donors (Lipinski definition) is 0. The zero-order valence-electron chi connectivity index (χ0n) is 18.4. The number of thiazole rings is 1. The number of amides is 1. The predicted octanol–water partition coefficient (Wildman–Crippen LogP) is 4.55. The van der Waals surface area contributed by atoms with Crippen LogP contribution in [0.2, 0.25) is 0 Å². The first kappa shape index (κ1) is 21.2. The normalized spacial score (nSPS) is 15.0. The van der Waals surface area contributed by atoms with Crippen molar-refractivity contribution in [3.8, 4) is 10.6 Å². The fraction of sp³-hybridized carbons (Fsp3) is 0.391. The minimum Gasteiger partial charge on any atom is -0.336 e. The Balaban J connectivity index is 1.36. The number of pyridine rings is 1. The Morgan fingerprint density at radius 2 is 1.97 bits per heavy atom. The first-order chi connectivity index (χ1) is 15.5. The fourth-order valence-electron chi connectivity index (χ4n) is 4.05. The molecule has 0 radical (unpaired) electrons. The van der Waals surface area contributed by atoms with Crippen LogP contribution in [0.3, 0.4) is 0 Å². The van der Waals surface area contributed by atoms with Crippen molar-refractivity contribution < 1.29 is 9.32 Å². The van der Waals surface area contributed by atoms with E-state index in [1.807, 2.05) is 24.0 Å². The monoisotopic (exact) mass is 467 g/mol. The second kappa shape index (κ2) is 8.73. The van der Waals surface area contributed by atoms with Gasteiger partial charge in [-0.25, -0.2) is 9.97 Å². The summed E-state index contributed by atoms with van der Waals surface area (Å²) < 4.78 is 5.45. The molecular formula is C23H25N5O2S2. The maximum Gasteiger partial charge on any atom is 0.259 e. The summed E-state index contributed by atoms with van der Waals surface area (Å²) >= 11 is 3.38. The molecule has 1 fully saturated rings. The Labute approximate surface area is 194 Å². The maximum absolute atomic E-state index is 13.6. The number of nitrogens with zero attached hydrogens (tertiary/aromatic N) is 5. The van der Waals surface area contributed by atoms with Crippen LogP contribution in [0, 0.1) is 13.8 Å².